The van der Waals surface area contributed by atoms with E-state index in [1.54, 1.807) is 24.5 Å². The molecule has 0 radical (unpaired) electrons. The number of benzene rings is 3. The molecule has 1 fully saturated rings. The molecule has 0 saturated carbocycles. The Hall–Kier alpha value is -3.97. The number of carbonyl (C=O) groups is 1. The molecule has 1 aliphatic rings. The van der Waals surface area contributed by atoms with Gasteiger partial charge >= 0.3 is 5.97 Å². The van der Waals surface area contributed by atoms with Gasteiger partial charge < -0.3 is 15.3 Å². The molecule has 7 nitrogen and oxygen atoms in total. The summed E-state index contributed by atoms with van der Waals surface area (Å²) >= 11 is 0. The summed E-state index contributed by atoms with van der Waals surface area (Å²) in [6.45, 7) is 7.20. The van der Waals surface area contributed by atoms with Gasteiger partial charge in [0.25, 0.3) is 5.56 Å². The van der Waals surface area contributed by atoms with Gasteiger partial charge in [-0.1, -0.05) is 55.5 Å². The molecule has 4 aromatic rings. The van der Waals surface area contributed by atoms with Gasteiger partial charge in [0.05, 0.1) is 17.3 Å². The zero-order valence-electron chi connectivity index (χ0n) is 21.2. The number of nitrogens with zero attached hydrogens (tertiary/aromatic N) is 3. The van der Waals surface area contributed by atoms with Gasteiger partial charge in [-0.25, -0.2) is 9.78 Å². The molecule has 7 heteroatoms. The highest BCUT2D eigenvalue weighted by Crippen LogP contribution is 2.32. The van der Waals surface area contributed by atoms with E-state index in [0.717, 1.165) is 41.5 Å². The molecule has 0 unspecified atom stereocenters. The number of fused-ring (bicyclic) bond motifs is 1. The second-order valence-electron chi connectivity index (χ2n) is 9.93. The van der Waals surface area contributed by atoms with E-state index in [1.165, 1.54) is 23.5 Å². The van der Waals surface area contributed by atoms with Crippen LogP contribution in [0.3, 0.4) is 0 Å². The maximum atomic E-state index is 13.7. The molecular formula is C30H32N4O3. The van der Waals surface area contributed by atoms with Crippen LogP contribution in [0.5, 0.6) is 0 Å². The Morgan fingerprint density at radius 3 is 2.62 bits per heavy atom. The third kappa shape index (κ3) is 5.13. The largest absolute Gasteiger partial charge is 0.478 e. The van der Waals surface area contributed by atoms with Gasteiger partial charge in [0.15, 0.2) is 5.82 Å². The minimum Gasteiger partial charge on any atom is -0.478 e. The van der Waals surface area contributed by atoms with Crippen LogP contribution in [0, 0.1) is 12.8 Å². The van der Waals surface area contributed by atoms with E-state index in [0.29, 0.717) is 5.69 Å². The Labute approximate surface area is 216 Å². The molecule has 1 aliphatic heterocycles. The molecule has 190 valence electrons. The van der Waals surface area contributed by atoms with Crippen LogP contribution in [0.4, 0.5) is 5.82 Å². The van der Waals surface area contributed by atoms with E-state index in [-0.39, 0.29) is 28.9 Å². The normalized spacial score (nSPS) is 15.5. The first-order valence-electron chi connectivity index (χ1n) is 12.8. The molecule has 5 rings (SSSR count). The Morgan fingerprint density at radius 2 is 1.84 bits per heavy atom. The van der Waals surface area contributed by atoms with E-state index >= 15 is 0 Å². The van der Waals surface area contributed by atoms with Crippen LogP contribution < -0.4 is 10.9 Å². The van der Waals surface area contributed by atoms with Crippen LogP contribution >= 0.6 is 0 Å². The molecule has 2 atom stereocenters. The van der Waals surface area contributed by atoms with Crippen molar-refractivity contribution in [1.29, 1.82) is 0 Å². The van der Waals surface area contributed by atoms with Crippen molar-refractivity contribution in [1.82, 2.24) is 14.5 Å². The third-order valence-corrected chi connectivity index (χ3v) is 7.32. The maximum Gasteiger partial charge on any atom is 0.335 e. The van der Waals surface area contributed by atoms with E-state index < -0.39 is 5.97 Å². The molecule has 0 aliphatic carbocycles. The van der Waals surface area contributed by atoms with Gasteiger partial charge in [-0.05, 0) is 72.8 Å². The molecule has 1 saturated heterocycles. The predicted octanol–water partition coefficient (Wildman–Crippen LogP) is 5.28. The average Bonchev–Trinajstić information content (AvgIpc) is 3.41. The number of aromatic carboxylic acids is 1. The molecule has 0 bridgehead atoms. The van der Waals surface area contributed by atoms with Crippen molar-refractivity contribution in [3.05, 3.63) is 100 Å². The number of carboxylic acids is 1. The van der Waals surface area contributed by atoms with Gasteiger partial charge in [-0.3, -0.25) is 9.36 Å². The van der Waals surface area contributed by atoms with Crippen LogP contribution in [0.1, 0.15) is 47.3 Å². The van der Waals surface area contributed by atoms with Crippen LogP contribution in [0.15, 0.2) is 77.9 Å². The lowest BCUT2D eigenvalue weighted by Gasteiger charge is -2.30. The van der Waals surface area contributed by atoms with E-state index in [1.807, 2.05) is 19.1 Å². The second-order valence-corrected chi connectivity index (χ2v) is 9.93. The molecule has 0 amide bonds. The van der Waals surface area contributed by atoms with Gasteiger partial charge in [0.2, 0.25) is 0 Å². The summed E-state index contributed by atoms with van der Waals surface area (Å²) in [6, 6.07) is 19.2. The fraction of sp³-hybridized carbons (Fsp3) is 0.300. The second kappa shape index (κ2) is 10.6. The van der Waals surface area contributed by atoms with Crippen molar-refractivity contribution >= 4 is 22.6 Å². The smallest absolute Gasteiger partial charge is 0.335 e. The van der Waals surface area contributed by atoms with Crippen molar-refractivity contribution in [3.63, 3.8) is 0 Å². The summed E-state index contributed by atoms with van der Waals surface area (Å²) in [5.74, 6) is -0.585. The lowest BCUT2D eigenvalue weighted by molar-refractivity contribution is 0.0697. The van der Waals surface area contributed by atoms with Gasteiger partial charge in [-0.15, -0.1) is 0 Å². The number of aryl methyl sites for hydroxylation is 1. The molecule has 0 spiro atoms. The molecule has 2 N–H and O–H groups in total. The van der Waals surface area contributed by atoms with E-state index in [4.69, 9.17) is 0 Å². The van der Waals surface area contributed by atoms with Gasteiger partial charge in [-0.2, -0.15) is 0 Å². The molecule has 2 heterocycles. The number of likely N-dealkylation sites (tertiary alicyclic amines) is 1. The summed E-state index contributed by atoms with van der Waals surface area (Å²) in [5, 5.41) is 15.3. The van der Waals surface area contributed by atoms with Crippen molar-refractivity contribution in [2.75, 3.05) is 25.0 Å². The topological polar surface area (TPSA) is 87.5 Å². The minimum absolute atomic E-state index is 0.131. The Morgan fingerprint density at radius 1 is 1.08 bits per heavy atom. The number of nitrogens with one attached hydrogen (secondary N) is 1. The van der Waals surface area contributed by atoms with Gasteiger partial charge in [0.1, 0.15) is 0 Å². The molecule has 1 aromatic heterocycles. The molecule has 3 aromatic carbocycles. The average molecular weight is 497 g/mol. The van der Waals surface area contributed by atoms with E-state index in [9.17, 15) is 14.7 Å². The summed E-state index contributed by atoms with van der Waals surface area (Å²) in [4.78, 5) is 32.2. The highest BCUT2D eigenvalue weighted by atomic mass is 16.4. The number of anilines is 1. The summed E-state index contributed by atoms with van der Waals surface area (Å²) < 4.78 is 1.47. The quantitative estimate of drug-likeness (QED) is 0.345. The first-order valence-corrected chi connectivity index (χ1v) is 12.8. The number of rotatable bonds is 8. The lowest BCUT2D eigenvalue weighted by atomic mass is 9.90. The summed E-state index contributed by atoms with van der Waals surface area (Å²) in [6.07, 6.45) is 5.61. The Kier molecular flexibility index (Phi) is 7.06. The highest BCUT2D eigenvalue weighted by Gasteiger charge is 2.26. The Bertz CT molecular complexity index is 1480. The van der Waals surface area contributed by atoms with Gasteiger partial charge in [0, 0.05) is 18.9 Å². The zero-order valence-corrected chi connectivity index (χ0v) is 21.2. The highest BCUT2D eigenvalue weighted by molar-refractivity contribution is 5.88. The maximum absolute atomic E-state index is 13.7. The Balaban J connectivity index is 1.56. The van der Waals surface area contributed by atoms with Crippen molar-refractivity contribution in [2.45, 2.75) is 32.7 Å². The minimum atomic E-state index is -1.03. The van der Waals surface area contributed by atoms with Crippen molar-refractivity contribution in [3.8, 4) is 5.69 Å². The first kappa shape index (κ1) is 24.7. The van der Waals surface area contributed by atoms with Crippen molar-refractivity contribution < 1.29 is 9.90 Å². The monoisotopic (exact) mass is 496 g/mol. The number of aromatic nitrogens is 2. The van der Waals surface area contributed by atoms with Crippen molar-refractivity contribution in [2.24, 2.45) is 5.92 Å². The zero-order chi connectivity index (χ0) is 25.9. The summed E-state index contributed by atoms with van der Waals surface area (Å²) in [5.41, 5.74) is 2.28. The number of hydrogen-bond acceptors (Lipinski definition) is 5. The fourth-order valence-corrected chi connectivity index (χ4v) is 5.38. The number of carboxylic acid groups (broad SMARTS) is 1. The molecule has 37 heavy (non-hydrogen) atoms. The van der Waals surface area contributed by atoms with E-state index in [2.05, 4.69) is 52.5 Å². The summed E-state index contributed by atoms with van der Waals surface area (Å²) in [7, 11) is 0. The van der Waals surface area contributed by atoms with Crippen LogP contribution in [0.25, 0.3) is 16.5 Å². The fourth-order valence-electron chi connectivity index (χ4n) is 5.38. The predicted molar refractivity (Wildman–Crippen MR) is 147 cm³/mol. The standard InChI is InChI=1S/C30H32N4O3/c1-20-12-13-23(30(36)37)18-26(20)34-17-14-31-28(29(34)35)32-27(21(2)19-33-15-5-6-16-33)25-11-7-9-22-8-3-4-10-24(22)25/h3-4,7-14,17-18,21,27H,5-6,15-16,19H2,1-2H3,(H,31,32)(H,36,37)/t21-,27-/m1/s1. The number of hydrogen-bond donors (Lipinski definition) is 2. The first-order chi connectivity index (χ1) is 17.9. The lowest BCUT2D eigenvalue weighted by Crippen LogP contribution is -2.33. The van der Waals surface area contributed by atoms with Crippen LogP contribution in [-0.2, 0) is 0 Å². The van der Waals surface area contributed by atoms with Crippen LogP contribution in [0.2, 0.25) is 0 Å². The third-order valence-electron chi connectivity index (χ3n) is 7.32. The van der Waals surface area contributed by atoms with Crippen LogP contribution in [-0.4, -0.2) is 45.2 Å². The SMILES string of the molecule is Cc1ccc(C(=O)O)cc1-n1ccnc(N[C@@H](c2cccc3ccccc23)[C@H](C)CN2CCCC2)c1=O. The molecular weight excluding hydrogens is 464 g/mol.